The highest BCUT2D eigenvalue weighted by atomic mass is 19.4. The Labute approximate surface area is 176 Å². The number of nitrogens with zero attached hydrogens (tertiary/aromatic N) is 2. The number of hydrogen-bond acceptors (Lipinski definition) is 3. The molecule has 5 nitrogen and oxygen atoms in total. The first kappa shape index (κ1) is 21.8. The van der Waals surface area contributed by atoms with Gasteiger partial charge in [-0.25, -0.2) is 4.68 Å². The van der Waals surface area contributed by atoms with Crippen molar-refractivity contribution in [2.45, 2.75) is 20.0 Å². The molecule has 0 fully saturated rings. The molecule has 158 valence electrons. The van der Waals surface area contributed by atoms with Crippen molar-refractivity contribution in [1.82, 2.24) is 15.1 Å². The minimum absolute atomic E-state index is 0.159. The third kappa shape index (κ3) is 5.01. The highest BCUT2D eigenvalue weighted by molar-refractivity contribution is 6.43. The van der Waals surface area contributed by atoms with Crippen molar-refractivity contribution in [2.75, 3.05) is 6.54 Å². The molecule has 0 aliphatic carbocycles. The Morgan fingerprint density at radius 3 is 2.45 bits per heavy atom. The van der Waals surface area contributed by atoms with Crippen molar-refractivity contribution in [2.24, 2.45) is 0 Å². The Morgan fingerprint density at radius 2 is 1.77 bits per heavy atom. The van der Waals surface area contributed by atoms with Gasteiger partial charge in [-0.15, -0.1) is 0 Å². The van der Waals surface area contributed by atoms with E-state index in [1.807, 2.05) is 30.3 Å². The normalized spacial score (nSPS) is 10.9. The smallest absolute Gasteiger partial charge is 0.338 e. The van der Waals surface area contributed by atoms with Gasteiger partial charge in [-0.2, -0.15) is 18.3 Å². The molecule has 0 bridgehead atoms. The average molecular weight is 425 g/mol. The van der Waals surface area contributed by atoms with Crippen LogP contribution in [-0.2, 0) is 11.0 Å². The number of aromatic nitrogens is 2. The fourth-order valence-corrected chi connectivity index (χ4v) is 3.03. The number of ketones is 1. The molecule has 0 saturated carbocycles. The summed E-state index contributed by atoms with van der Waals surface area (Å²) in [6.07, 6.45) is -4.46. The van der Waals surface area contributed by atoms with Crippen LogP contribution in [0.2, 0.25) is 0 Å². The largest absolute Gasteiger partial charge is 0.416 e. The van der Waals surface area contributed by atoms with E-state index in [0.29, 0.717) is 11.4 Å². The standard InChI is InChI=1S/C23H18F3N3O2/c1-15-20(16(2)29(28-15)19-11-4-3-5-12-19)21(30)22(31)27-13-7-9-17-8-6-10-18(14-17)23(24,25)26/h3-6,8,10-12,14H,13H2,1-2H3,(H,27,31). The molecule has 1 amide bonds. The summed E-state index contributed by atoms with van der Waals surface area (Å²) in [6.45, 7) is 3.15. The summed E-state index contributed by atoms with van der Waals surface area (Å²) in [6, 6.07) is 13.7. The Morgan fingerprint density at radius 1 is 1.06 bits per heavy atom. The highest BCUT2D eigenvalue weighted by Crippen LogP contribution is 2.29. The minimum atomic E-state index is -4.46. The summed E-state index contributed by atoms with van der Waals surface area (Å²) in [5, 5.41) is 6.72. The molecule has 8 heteroatoms. The summed E-state index contributed by atoms with van der Waals surface area (Å²) in [4.78, 5) is 24.9. The number of carbonyl (C=O) groups is 2. The lowest BCUT2D eigenvalue weighted by molar-refractivity contribution is -0.137. The Hall–Kier alpha value is -3.86. The number of alkyl halides is 3. The molecular weight excluding hydrogens is 407 g/mol. The van der Waals surface area contributed by atoms with E-state index in [-0.39, 0.29) is 17.7 Å². The molecule has 1 N–H and O–H groups in total. The van der Waals surface area contributed by atoms with Crippen LogP contribution in [0.4, 0.5) is 13.2 Å². The van der Waals surface area contributed by atoms with Gasteiger partial charge < -0.3 is 5.32 Å². The molecule has 3 aromatic rings. The number of aryl methyl sites for hydroxylation is 1. The van der Waals surface area contributed by atoms with E-state index in [1.54, 1.807) is 18.5 Å². The van der Waals surface area contributed by atoms with E-state index in [9.17, 15) is 22.8 Å². The quantitative estimate of drug-likeness (QED) is 0.392. The highest BCUT2D eigenvalue weighted by Gasteiger charge is 2.30. The van der Waals surface area contributed by atoms with Crippen molar-refractivity contribution in [3.05, 3.63) is 82.7 Å². The second kappa shape index (κ2) is 8.88. The number of nitrogens with one attached hydrogen (secondary N) is 1. The maximum Gasteiger partial charge on any atom is 0.416 e. The van der Waals surface area contributed by atoms with E-state index in [1.165, 1.54) is 12.1 Å². The van der Waals surface area contributed by atoms with Crippen LogP contribution in [0, 0.1) is 25.7 Å². The van der Waals surface area contributed by atoms with Gasteiger partial charge in [-0.1, -0.05) is 36.1 Å². The molecule has 2 aromatic carbocycles. The predicted octanol–water partition coefficient (Wildman–Crippen LogP) is 3.86. The molecule has 0 atom stereocenters. The minimum Gasteiger partial charge on any atom is -0.338 e. The summed E-state index contributed by atoms with van der Waals surface area (Å²) in [5.41, 5.74) is 1.25. The van der Waals surface area contributed by atoms with Crippen LogP contribution in [0.5, 0.6) is 0 Å². The third-order valence-corrected chi connectivity index (χ3v) is 4.49. The molecular formula is C23H18F3N3O2. The second-order valence-electron chi connectivity index (χ2n) is 6.69. The monoisotopic (exact) mass is 425 g/mol. The topological polar surface area (TPSA) is 64.0 Å². The number of benzene rings is 2. The van der Waals surface area contributed by atoms with Crippen LogP contribution in [0.1, 0.15) is 32.9 Å². The summed E-state index contributed by atoms with van der Waals surface area (Å²) in [7, 11) is 0. The zero-order valence-electron chi connectivity index (χ0n) is 16.7. The number of carbonyl (C=O) groups excluding carboxylic acids is 2. The molecule has 31 heavy (non-hydrogen) atoms. The van der Waals surface area contributed by atoms with Gasteiger partial charge in [0.15, 0.2) is 0 Å². The van der Waals surface area contributed by atoms with Crippen LogP contribution >= 0.6 is 0 Å². The number of amides is 1. The van der Waals surface area contributed by atoms with Gasteiger partial charge in [0.25, 0.3) is 11.7 Å². The van der Waals surface area contributed by atoms with Crippen LogP contribution in [0.25, 0.3) is 5.69 Å². The van der Waals surface area contributed by atoms with Crippen molar-refractivity contribution in [3.8, 4) is 17.5 Å². The van der Waals surface area contributed by atoms with Gasteiger partial charge in [0.1, 0.15) is 0 Å². The molecule has 3 rings (SSSR count). The van der Waals surface area contributed by atoms with E-state index in [4.69, 9.17) is 0 Å². The van der Waals surface area contributed by atoms with Crippen LogP contribution < -0.4 is 5.32 Å². The van der Waals surface area contributed by atoms with Crippen LogP contribution in [-0.4, -0.2) is 28.0 Å². The van der Waals surface area contributed by atoms with Gasteiger partial charge in [0.2, 0.25) is 0 Å². The van der Waals surface area contributed by atoms with E-state index >= 15 is 0 Å². The molecule has 1 heterocycles. The number of Topliss-reactive ketones (excluding diaryl/α,β-unsaturated/α-hetero) is 1. The van der Waals surface area contributed by atoms with Gasteiger partial charge in [-0.3, -0.25) is 9.59 Å². The van der Waals surface area contributed by atoms with Gasteiger partial charge in [0, 0.05) is 5.56 Å². The van der Waals surface area contributed by atoms with Gasteiger partial charge in [-0.05, 0) is 44.2 Å². The zero-order valence-corrected chi connectivity index (χ0v) is 16.7. The maximum atomic E-state index is 12.7. The first-order chi connectivity index (χ1) is 14.7. The molecule has 0 unspecified atom stereocenters. The summed E-state index contributed by atoms with van der Waals surface area (Å²) >= 11 is 0. The van der Waals surface area contributed by atoms with E-state index in [0.717, 1.165) is 17.8 Å². The predicted molar refractivity (Wildman–Crippen MR) is 109 cm³/mol. The number of para-hydroxylation sites is 1. The SMILES string of the molecule is Cc1nn(-c2ccccc2)c(C)c1C(=O)C(=O)NCC#Cc1cccc(C(F)(F)F)c1. The second-order valence-corrected chi connectivity index (χ2v) is 6.69. The van der Waals surface area contributed by atoms with E-state index < -0.39 is 23.4 Å². The fourth-order valence-electron chi connectivity index (χ4n) is 3.03. The van der Waals surface area contributed by atoms with Crippen LogP contribution in [0.3, 0.4) is 0 Å². The van der Waals surface area contributed by atoms with Crippen molar-refractivity contribution >= 4 is 11.7 Å². The molecule has 0 aliphatic rings. The van der Waals surface area contributed by atoms with Crippen molar-refractivity contribution in [3.63, 3.8) is 0 Å². The number of halogens is 3. The Bertz CT molecular complexity index is 1190. The summed E-state index contributed by atoms with van der Waals surface area (Å²) in [5.74, 6) is 3.49. The molecule has 0 saturated heterocycles. The zero-order chi connectivity index (χ0) is 22.6. The molecule has 1 aromatic heterocycles. The summed E-state index contributed by atoms with van der Waals surface area (Å²) < 4.78 is 39.8. The van der Waals surface area contributed by atoms with Crippen LogP contribution in [0.15, 0.2) is 54.6 Å². The molecule has 0 spiro atoms. The average Bonchev–Trinajstić information content (AvgIpc) is 3.04. The first-order valence-electron chi connectivity index (χ1n) is 9.29. The lowest BCUT2D eigenvalue weighted by Crippen LogP contribution is -2.32. The number of hydrogen-bond donors (Lipinski definition) is 1. The molecule has 0 aliphatic heterocycles. The first-order valence-corrected chi connectivity index (χ1v) is 9.29. The molecule has 0 radical (unpaired) electrons. The maximum absolute atomic E-state index is 12.7. The number of rotatable bonds is 4. The van der Waals surface area contributed by atoms with Gasteiger partial charge >= 0.3 is 6.18 Å². The van der Waals surface area contributed by atoms with Crippen molar-refractivity contribution < 1.29 is 22.8 Å². The van der Waals surface area contributed by atoms with Crippen molar-refractivity contribution in [1.29, 1.82) is 0 Å². The Balaban J connectivity index is 1.69. The Kier molecular flexibility index (Phi) is 6.25. The lowest BCUT2D eigenvalue weighted by atomic mass is 10.1. The van der Waals surface area contributed by atoms with Gasteiger partial charge in [0.05, 0.1) is 34.7 Å². The fraction of sp³-hybridized carbons (Fsp3) is 0.174. The lowest BCUT2D eigenvalue weighted by Gasteiger charge is -2.06. The third-order valence-electron chi connectivity index (χ3n) is 4.49. The van der Waals surface area contributed by atoms with E-state index in [2.05, 4.69) is 22.3 Å².